The second kappa shape index (κ2) is 2.81. The van der Waals surface area contributed by atoms with Gasteiger partial charge in [-0.3, -0.25) is 0 Å². The predicted molar refractivity (Wildman–Crippen MR) is 48.4 cm³/mol. The van der Waals surface area contributed by atoms with Gasteiger partial charge in [-0.1, -0.05) is 6.07 Å². The zero-order valence-electron chi connectivity index (χ0n) is 6.23. The maximum atomic E-state index is 10.3. The second-order valence-corrected chi connectivity index (χ2v) is 3.20. The van der Waals surface area contributed by atoms with Crippen molar-refractivity contribution in [3.05, 3.63) is 32.8 Å². The Labute approximate surface area is 80.6 Å². The molecule has 0 aliphatic rings. The lowest BCUT2D eigenvalue weighted by Crippen LogP contribution is -1.85. The number of halogens is 1. The van der Waals surface area contributed by atoms with Crippen LogP contribution in [0.4, 0.5) is 6.01 Å². The number of nitrogens with zero attached hydrogens (tertiary/aromatic N) is 2. The number of hydrogen-bond donors (Lipinski definition) is 0. The van der Waals surface area contributed by atoms with Crippen LogP contribution in [0.5, 0.6) is 0 Å². The number of hydrogen-bond acceptors (Lipinski definition) is 4. The number of nitro groups is 1. The maximum absolute atomic E-state index is 10.3. The first kappa shape index (κ1) is 8.18. The number of aromatic nitrogens is 1. The first-order valence-electron chi connectivity index (χ1n) is 3.38. The lowest BCUT2D eigenvalue weighted by Gasteiger charge is -1.85. The molecule has 0 radical (unpaired) electrons. The van der Waals surface area contributed by atoms with E-state index in [-0.39, 0.29) is 0 Å². The average molecular weight is 243 g/mol. The van der Waals surface area contributed by atoms with Gasteiger partial charge in [0.05, 0.1) is 4.47 Å². The smallest absolute Gasteiger partial charge is 0.380 e. The molecule has 1 heterocycles. The lowest BCUT2D eigenvalue weighted by molar-refractivity contribution is -0.406. The van der Waals surface area contributed by atoms with Crippen LogP contribution in [-0.2, 0) is 0 Å². The van der Waals surface area contributed by atoms with Crippen LogP contribution in [0.3, 0.4) is 0 Å². The Hall–Kier alpha value is -1.43. The summed E-state index contributed by atoms with van der Waals surface area (Å²) in [5.74, 6) is 0. The molecule has 1 aromatic heterocycles. The molecule has 0 bridgehead atoms. The van der Waals surface area contributed by atoms with E-state index in [4.69, 9.17) is 4.42 Å². The molecule has 66 valence electrons. The third-order valence-corrected chi connectivity index (χ3v) is 2.14. The Bertz CT molecular complexity index is 480. The van der Waals surface area contributed by atoms with E-state index in [2.05, 4.69) is 20.9 Å². The van der Waals surface area contributed by atoms with Crippen molar-refractivity contribution < 1.29 is 9.34 Å². The minimum absolute atomic E-state index is 0.397. The normalized spacial score (nSPS) is 10.5. The molecule has 5 nitrogen and oxygen atoms in total. The quantitative estimate of drug-likeness (QED) is 0.569. The van der Waals surface area contributed by atoms with E-state index in [9.17, 15) is 10.1 Å². The van der Waals surface area contributed by atoms with E-state index in [0.29, 0.717) is 15.6 Å². The van der Waals surface area contributed by atoms with Crippen LogP contribution in [0.1, 0.15) is 0 Å². The third kappa shape index (κ3) is 1.29. The van der Waals surface area contributed by atoms with E-state index in [1.165, 1.54) is 0 Å². The minimum Gasteiger partial charge on any atom is -0.380 e. The summed E-state index contributed by atoms with van der Waals surface area (Å²) in [7, 11) is 0. The topological polar surface area (TPSA) is 69.2 Å². The highest BCUT2D eigenvalue weighted by molar-refractivity contribution is 9.10. The fraction of sp³-hybridized carbons (Fsp3) is 0. The van der Waals surface area contributed by atoms with Crippen LogP contribution in [0.15, 0.2) is 27.1 Å². The second-order valence-electron chi connectivity index (χ2n) is 2.34. The monoisotopic (exact) mass is 242 g/mol. The first-order valence-corrected chi connectivity index (χ1v) is 4.17. The largest absolute Gasteiger partial charge is 0.546 e. The minimum atomic E-state index is -0.660. The van der Waals surface area contributed by atoms with Gasteiger partial charge in [0.1, 0.15) is 0 Å². The fourth-order valence-electron chi connectivity index (χ4n) is 0.982. The molecule has 2 aromatic rings. The molecule has 1 aromatic carbocycles. The van der Waals surface area contributed by atoms with Gasteiger partial charge in [-0.2, -0.15) is 0 Å². The molecule has 0 aliphatic carbocycles. The number of rotatable bonds is 1. The van der Waals surface area contributed by atoms with Crippen molar-refractivity contribution in [2.75, 3.05) is 0 Å². The highest BCUT2D eigenvalue weighted by Gasteiger charge is 2.18. The van der Waals surface area contributed by atoms with Crippen molar-refractivity contribution in [3.8, 4) is 0 Å². The Morgan fingerprint density at radius 3 is 2.92 bits per heavy atom. The van der Waals surface area contributed by atoms with Gasteiger partial charge < -0.3 is 14.5 Å². The highest BCUT2D eigenvalue weighted by Crippen LogP contribution is 2.26. The first-order chi connectivity index (χ1) is 6.18. The summed E-state index contributed by atoms with van der Waals surface area (Å²) in [4.78, 5) is 13.3. The van der Waals surface area contributed by atoms with Crippen molar-refractivity contribution in [2.45, 2.75) is 0 Å². The van der Waals surface area contributed by atoms with Gasteiger partial charge in [0, 0.05) is 9.91 Å². The molecule has 0 spiro atoms. The average Bonchev–Trinajstić information content (AvgIpc) is 2.49. The maximum Gasteiger partial charge on any atom is 0.546 e. The number of benzene rings is 1. The Balaban J connectivity index is 2.75. The lowest BCUT2D eigenvalue weighted by atomic mass is 10.3. The van der Waals surface area contributed by atoms with E-state index in [0.717, 1.165) is 0 Å². The summed E-state index contributed by atoms with van der Waals surface area (Å²) in [6.07, 6.45) is 0. The summed E-state index contributed by atoms with van der Waals surface area (Å²) < 4.78 is 5.56. The van der Waals surface area contributed by atoms with Crippen LogP contribution in [0, 0.1) is 10.1 Å². The molecule has 13 heavy (non-hydrogen) atoms. The molecule has 0 unspecified atom stereocenters. The number of oxazole rings is 1. The summed E-state index contributed by atoms with van der Waals surface area (Å²) in [5.41, 5.74) is 0.871. The highest BCUT2D eigenvalue weighted by atomic mass is 79.9. The molecule has 0 atom stereocenters. The number of para-hydroxylation sites is 1. The molecule has 6 heteroatoms. The van der Waals surface area contributed by atoms with Gasteiger partial charge in [-0.25, -0.2) is 0 Å². The number of fused-ring (bicyclic) bond motifs is 1. The van der Waals surface area contributed by atoms with Crippen molar-refractivity contribution in [2.24, 2.45) is 0 Å². The van der Waals surface area contributed by atoms with Gasteiger partial charge in [-0.05, 0) is 28.1 Å². The van der Waals surface area contributed by atoms with Crippen LogP contribution >= 0.6 is 15.9 Å². The van der Waals surface area contributed by atoms with Gasteiger partial charge in [0.2, 0.25) is 11.1 Å². The van der Waals surface area contributed by atoms with Gasteiger partial charge >= 0.3 is 6.01 Å². The molecule has 0 saturated carbocycles. The van der Waals surface area contributed by atoms with Crippen molar-refractivity contribution in [1.29, 1.82) is 0 Å². The summed E-state index contributed by atoms with van der Waals surface area (Å²) in [6.45, 7) is 0. The molecule has 0 N–H and O–H groups in total. The Morgan fingerprint density at radius 2 is 2.31 bits per heavy atom. The summed E-state index contributed by atoms with van der Waals surface area (Å²) >= 11 is 3.20. The van der Waals surface area contributed by atoms with Crippen molar-refractivity contribution >= 4 is 33.0 Å². The molecule has 0 aliphatic heterocycles. The molecular weight excluding hydrogens is 240 g/mol. The summed E-state index contributed by atoms with van der Waals surface area (Å²) in [5, 5.41) is 10.3. The fourth-order valence-corrected chi connectivity index (χ4v) is 1.42. The van der Waals surface area contributed by atoms with Crippen LogP contribution in [0.2, 0.25) is 0 Å². The summed E-state index contributed by atoms with van der Waals surface area (Å²) in [6, 6.07) is 4.63. The van der Waals surface area contributed by atoms with Gasteiger partial charge in [0.25, 0.3) is 0 Å². The van der Waals surface area contributed by atoms with E-state index >= 15 is 0 Å². The van der Waals surface area contributed by atoms with E-state index < -0.39 is 10.9 Å². The molecular formula is C7H3BrN2O3. The molecule has 2 rings (SSSR count). The third-order valence-electron chi connectivity index (χ3n) is 1.51. The Morgan fingerprint density at radius 1 is 1.54 bits per heavy atom. The molecule has 0 saturated heterocycles. The molecule has 0 fully saturated rings. The molecule has 0 amide bonds. The van der Waals surface area contributed by atoms with E-state index in [1.807, 2.05) is 0 Å². The van der Waals surface area contributed by atoms with Crippen molar-refractivity contribution in [3.63, 3.8) is 0 Å². The van der Waals surface area contributed by atoms with Gasteiger partial charge in [-0.15, -0.1) is 0 Å². The Kier molecular flexibility index (Phi) is 1.77. The predicted octanol–water partition coefficient (Wildman–Crippen LogP) is 2.50. The van der Waals surface area contributed by atoms with Crippen LogP contribution < -0.4 is 0 Å². The van der Waals surface area contributed by atoms with Crippen LogP contribution in [-0.4, -0.2) is 9.91 Å². The van der Waals surface area contributed by atoms with Crippen LogP contribution in [0.25, 0.3) is 11.1 Å². The zero-order chi connectivity index (χ0) is 9.42. The van der Waals surface area contributed by atoms with E-state index in [1.54, 1.807) is 18.2 Å². The van der Waals surface area contributed by atoms with Crippen molar-refractivity contribution in [1.82, 2.24) is 4.98 Å². The zero-order valence-corrected chi connectivity index (χ0v) is 7.82. The standard InChI is InChI=1S/C7H3BrN2O3/c8-4-2-1-3-5-6(4)13-7(9-5)10(11)12/h1-3H. The SMILES string of the molecule is O=[N+]([O-])c1nc2cccc(Br)c2o1. The van der Waals surface area contributed by atoms with Gasteiger partial charge in [0.15, 0.2) is 0 Å².